The number of nitrogens with one attached hydrogen (secondary N) is 2. The van der Waals surface area contributed by atoms with Crippen LogP contribution in [0.3, 0.4) is 0 Å². The fourth-order valence-corrected chi connectivity index (χ4v) is 12.1. The second kappa shape index (κ2) is 18.3. The van der Waals surface area contributed by atoms with Crippen LogP contribution in [-0.4, -0.2) is 123 Å². The number of rotatable bonds is 20. The molecule has 1 saturated heterocycles. The van der Waals surface area contributed by atoms with Crippen LogP contribution in [0.5, 0.6) is 0 Å². The van der Waals surface area contributed by atoms with Gasteiger partial charge in [0.2, 0.25) is 11.8 Å². The largest absolute Gasteiger partial charge is 0.481 e. The van der Waals surface area contributed by atoms with Crippen molar-refractivity contribution in [1.29, 1.82) is 0 Å². The summed E-state index contributed by atoms with van der Waals surface area (Å²) in [5.74, 6) is -0.175. The van der Waals surface area contributed by atoms with Gasteiger partial charge in [-0.2, -0.15) is 4.31 Å². The SMILES string of the molecule is CC1CCC2CC1(C(=O)SCCNC(=O)CCNC(=O)[C@H](O)C(C)(C)COP(=O)(O)OP(=O)(O)OC[C@H]1O[C@@H](n3cnc4c(N)ncnc43)[C@H](O)[C@@H]1OP(=O)(O)O)C2(C)C. The van der Waals surface area contributed by atoms with Crippen molar-refractivity contribution >= 4 is 69.1 Å². The molecule has 4 aliphatic rings. The topological polar surface area (TPSA) is 364 Å². The molecule has 60 heavy (non-hydrogen) atoms. The molecule has 2 aromatic rings. The normalized spacial score (nSPS) is 28.9. The van der Waals surface area contributed by atoms with E-state index in [2.05, 4.69) is 55.2 Å². The molecule has 3 aliphatic carbocycles. The molecule has 24 nitrogen and oxygen atoms in total. The van der Waals surface area contributed by atoms with Gasteiger partial charge in [0.15, 0.2) is 22.8 Å². The fraction of sp³-hybridized carbons (Fsp3) is 0.750. The Bertz CT molecular complexity index is 2070. The van der Waals surface area contributed by atoms with Crippen LogP contribution < -0.4 is 16.4 Å². The number of aliphatic hydroxyl groups excluding tert-OH is 2. The number of phosphoric acid groups is 3. The molecule has 338 valence electrons. The van der Waals surface area contributed by atoms with Gasteiger partial charge in [-0.25, -0.2) is 28.6 Å². The van der Waals surface area contributed by atoms with Crippen LogP contribution in [0, 0.1) is 28.1 Å². The molecule has 28 heteroatoms. The second-order valence-corrected chi connectivity index (χ2v) is 21.6. The van der Waals surface area contributed by atoms with Crippen molar-refractivity contribution in [3.63, 3.8) is 0 Å². The predicted octanol–water partition coefficient (Wildman–Crippen LogP) is 1.13. The molecule has 0 spiro atoms. The van der Waals surface area contributed by atoms with Crippen molar-refractivity contribution in [3.05, 3.63) is 12.7 Å². The van der Waals surface area contributed by atoms with Gasteiger partial charge in [0.1, 0.15) is 36.3 Å². The van der Waals surface area contributed by atoms with Gasteiger partial charge in [-0.15, -0.1) is 0 Å². The van der Waals surface area contributed by atoms with E-state index in [9.17, 15) is 57.9 Å². The number of nitrogen functional groups attached to an aromatic ring is 1. The maximum atomic E-state index is 13.2. The highest BCUT2D eigenvalue weighted by Crippen LogP contribution is 2.71. The number of anilines is 1. The zero-order chi connectivity index (χ0) is 44.6. The number of hydrogen-bond acceptors (Lipinski definition) is 18. The summed E-state index contributed by atoms with van der Waals surface area (Å²) in [6, 6.07) is 0. The first-order chi connectivity index (χ1) is 27.7. The average Bonchev–Trinajstić information content (AvgIpc) is 3.71. The van der Waals surface area contributed by atoms with Crippen molar-refractivity contribution in [2.75, 3.05) is 37.8 Å². The minimum absolute atomic E-state index is 0.0331. The van der Waals surface area contributed by atoms with Crippen LogP contribution in [0.15, 0.2) is 12.7 Å². The van der Waals surface area contributed by atoms with Gasteiger partial charge in [-0.3, -0.25) is 32.5 Å². The minimum Gasteiger partial charge on any atom is -0.386 e. The Morgan fingerprint density at radius 3 is 2.40 bits per heavy atom. The zero-order valence-corrected chi connectivity index (χ0v) is 36.8. The van der Waals surface area contributed by atoms with E-state index in [1.54, 1.807) is 0 Å². The van der Waals surface area contributed by atoms with E-state index in [4.69, 9.17) is 19.5 Å². The van der Waals surface area contributed by atoms with Gasteiger partial charge < -0.3 is 50.9 Å². The van der Waals surface area contributed by atoms with Gasteiger partial charge in [0.25, 0.3) is 0 Å². The Kier molecular flexibility index (Phi) is 14.9. The molecule has 3 saturated carbocycles. The van der Waals surface area contributed by atoms with Crippen molar-refractivity contribution in [1.82, 2.24) is 30.2 Å². The number of amides is 2. The first-order valence-electron chi connectivity index (χ1n) is 18.8. The molecule has 4 fully saturated rings. The molecule has 5 unspecified atom stereocenters. The van der Waals surface area contributed by atoms with Gasteiger partial charge in [-0.05, 0) is 36.5 Å². The maximum absolute atomic E-state index is 13.2. The molecular formula is C32H52N7O17P3S. The van der Waals surface area contributed by atoms with E-state index >= 15 is 0 Å². The first-order valence-corrected chi connectivity index (χ1v) is 24.3. The lowest BCUT2D eigenvalue weighted by molar-refractivity contribution is -0.190. The Morgan fingerprint density at radius 1 is 1.07 bits per heavy atom. The Labute approximate surface area is 348 Å². The number of thioether (sulfide) groups is 1. The third kappa shape index (κ3) is 10.7. The standard InChI is InChI=1S/C32H52N7O17P3S/c1-17-6-7-18-12-32(17,31(18,4)5)29(44)60-11-10-34-20(40)8-9-35-27(43)24(42)30(2,3)14-53-59(50,51)56-58(48,49)52-13-19-23(55-57(45,46)47)22(41)28(54-19)39-16-38-21-25(33)36-15-37-26(21)39/h15-19,22-24,28,41-42H,6-14H2,1-5H3,(H,34,40)(H,35,43)(H,48,49)(H,50,51)(H2,33,36,37)(H2,45,46,47)/t17?,18?,19-,22-,23-,24+,28-,32?/m1/s1. The summed E-state index contributed by atoms with van der Waals surface area (Å²) in [4.78, 5) is 89.4. The van der Waals surface area contributed by atoms with Crippen molar-refractivity contribution < 1.29 is 80.5 Å². The Balaban J connectivity index is 1.05. The van der Waals surface area contributed by atoms with E-state index in [-0.39, 0.29) is 52.4 Å². The number of nitrogens with two attached hydrogens (primary N) is 1. The number of imidazole rings is 1. The van der Waals surface area contributed by atoms with Crippen LogP contribution in [-0.2, 0) is 50.7 Å². The highest BCUT2D eigenvalue weighted by molar-refractivity contribution is 8.13. The smallest absolute Gasteiger partial charge is 0.386 e. The lowest BCUT2D eigenvalue weighted by Crippen LogP contribution is -2.64. The number of aromatic nitrogens is 4. The maximum Gasteiger partial charge on any atom is 0.481 e. The molecule has 0 aromatic carbocycles. The summed E-state index contributed by atoms with van der Waals surface area (Å²) in [6.45, 7) is 7.03. The summed E-state index contributed by atoms with van der Waals surface area (Å²) in [5.41, 5.74) is 3.88. The molecule has 0 radical (unpaired) electrons. The van der Waals surface area contributed by atoms with E-state index in [1.807, 2.05) is 0 Å². The monoisotopic (exact) mass is 931 g/mol. The number of hydrogen-bond donors (Lipinski definition) is 9. The molecule has 10 atom stereocenters. The average molecular weight is 932 g/mol. The molecule has 10 N–H and O–H groups in total. The second-order valence-electron chi connectivity index (χ2n) is 16.3. The quantitative estimate of drug-likeness (QED) is 0.0663. The minimum atomic E-state index is -5.57. The number of carbonyl (C=O) groups is 3. The Morgan fingerprint density at radius 2 is 1.75 bits per heavy atom. The summed E-state index contributed by atoms with van der Waals surface area (Å²) >= 11 is 1.22. The highest BCUT2D eigenvalue weighted by Gasteiger charge is 2.68. The molecule has 2 bridgehead atoms. The van der Waals surface area contributed by atoms with Crippen molar-refractivity contribution in [2.24, 2.45) is 28.1 Å². The molecular weight excluding hydrogens is 879 g/mol. The van der Waals surface area contributed by atoms with E-state index in [0.29, 0.717) is 17.6 Å². The van der Waals surface area contributed by atoms with Crippen LogP contribution in [0.25, 0.3) is 11.2 Å². The van der Waals surface area contributed by atoms with E-state index in [1.165, 1.54) is 25.6 Å². The number of phosphoric ester groups is 3. The van der Waals surface area contributed by atoms with Crippen LogP contribution >= 0.6 is 35.2 Å². The van der Waals surface area contributed by atoms with Crippen molar-refractivity contribution in [3.8, 4) is 0 Å². The number of ether oxygens (including phenoxy) is 1. The highest BCUT2D eigenvalue weighted by atomic mass is 32.2. The summed E-state index contributed by atoms with van der Waals surface area (Å²) in [7, 11) is -16.4. The lowest BCUT2D eigenvalue weighted by Gasteiger charge is -2.67. The van der Waals surface area contributed by atoms with Gasteiger partial charge in [0.05, 0.1) is 19.5 Å². The van der Waals surface area contributed by atoms with Gasteiger partial charge >= 0.3 is 23.5 Å². The van der Waals surface area contributed by atoms with Crippen LogP contribution in [0.1, 0.15) is 66.5 Å². The molecule has 3 heterocycles. The van der Waals surface area contributed by atoms with Crippen LogP contribution in [0.2, 0.25) is 0 Å². The van der Waals surface area contributed by atoms with Crippen molar-refractivity contribution in [2.45, 2.75) is 90.9 Å². The van der Waals surface area contributed by atoms with E-state index < -0.39 is 84.6 Å². The third-order valence-corrected chi connectivity index (χ3v) is 15.8. The molecule has 2 aromatic heterocycles. The Hall–Kier alpha value is -2.44. The summed E-state index contributed by atoms with van der Waals surface area (Å²) < 4.78 is 62.4. The number of nitrogens with zero attached hydrogens (tertiary/aromatic N) is 4. The number of carbonyl (C=O) groups excluding carboxylic acids is 3. The van der Waals surface area contributed by atoms with Gasteiger partial charge in [-0.1, -0.05) is 46.4 Å². The fourth-order valence-electron chi connectivity index (χ4n) is 8.09. The first kappa shape index (κ1) is 48.6. The van der Waals surface area contributed by atoms with E-state index in [0.717, 1.165) is 36.5 Å². The third-order valence-electron chi connectivity index (χ3n) is 11.6. The molecule has 1 aliphatic heterocycles. The predicted molar refractivity (Wildman–Crippen MR) is 210 cm³/mol. The molecule has 2 amide bonds. The summed E-state index contributed by atoms with van der Waals surface area (Å²) in [6.07, 6.45) is -3.82. The molecule has 6 rings (SSSR count). The van der Waals surface area contributed by atoms with Gasteiger partial charge in [0, 0.05) is 36.1 Å². The number of fused-ring (bicyclic) bond motifs is 3. The lowest BCUT2D eigenvalue weighted by atomic mass is 9.37. The summed E-state index contributed by atoms with van der Waals surface area (Å²) in [5, 5.41) is 26.8. The zero-order valence-electron chi connectivity index (χ0n) is 33.4. The number of aliphatic hydroxyl groups is 2. The van der Waals surface area contributed by atoms with Crippen LogP contribution in [0.4, 0.5) is 5.82 Å².